The van der Waals surface area contributed by atoms with Crippen LogP contribution in [0.3, 0.4) is 0 Å². The van der Waals surface area contributed by atoms with Crippen molar-refractivity contribution in [2.75, 3.05) is 0 Å². The fraction of sp³-hybridized carbons (Fsp3) is 0.385. The molecule has 2 aliphatic carbocycles. The van der Waals surface area contributed by atoms with E-state index >= 15 is 0 Å². The number of allylic oxidation sites excluding steroid dienone is 16. The van der Waals surface area contributed by atoms with Crippen molar-refractivity contribution in [2.45, 2.75) is 64.9 Å². The van der Waals surface area contributed by atoms with Crippen molar-refractivity contribution in [3.63, 3.8) is 0 Å². The van der Waals surface area contributed by atoms with Gasteiger partial charge in [-0.2, -0.15) is 0 Å². The Bertz CT molecular complexity index is 869. The van der Waals surface area contributed by atoms with Crippen LogP contribution in [-0.4, -0.2) is 27.2 Å². The standard InChI is InChI=1S/C26H34Ge2O/c1-17-18(2)22(6)27(21(17)5,25-13-9-10-14-25)29-28(26-15-11-12-16-26)23(7)19(3)20(4)24(28)8/h9-16,25-26H,1-8H3. The molecule has 0 aromatic carbocycles. The van der Waals surface area contributed by atoms with Gasteiger partial charge in [0.2, 0.25) is 0 Å². The van der Waals surface area contributed by atoms with Crippen LogP contribution >= 0.6 is 0 Å². The van der Waals surface area contributed by atoms with Crippen LogP contribution in [0.25, 0.3) is 0 Å². The van der Waals surface area contributed by atoms with Crippen LogP contribution in [0.2, 0.25) is 9.50 Å². The van der Waals surface area contributed by atoms with E-state index in [1.165, 1.54) is 22.3 Å². The quantitative estimate of drug-likeness (QED) is 0.360. The van der Waals surface area contributed by atoms with E-state index in [2.05, 4.69) is 104 Å². The average molecular weight is 508 g/mol. The Morgan fingerprint density at radius 1 is 0.483 bits per heavy atom. The fourth-order valence-corrected chi connectivity index (χ4v) is 40.0. The van der Waals surface area contributed by atoms with Crippen LogP contribution in [0.15, 0.2) is 88.5 Å². The second-order valence-electron chi connectivity index (χ2n) is 9.16. The molecule has 0 amide bonds. The van der Waals surface area contributed by atoms with Gasteiger partial charge in [0.15, 0.2) is 0 Å². The Kier molecular flexibility index (Phi) is 5.33. The van der Waals surface area contributed by atoms with E-state index in [1.54, 1.807) is 17.6 Å². The van der Waals surface area contributed by atoms with Crippen molar-refractivity contribution in [1.82, 2.24) is 0 Å². The van der Waals surface area contributed by atoms with Gasteiger partial charge in [0.05, 0.1) is 0 Å². The Balaban J connectivity index is 1.99. The summed E-state index contributed by atoms with van der Waals surface area (Å²) in [6, 6.07) is 0. The molecule has 0 aromatic heterocycles. The summed E-state index contributed by atoms with van der Waals surface area (Å²) in [7, 11) is 0. The minimum atomic E-state index is -3.04. The molecule has 0 bridgehead atoms. The van der Waals surface area contributed by atoms with Gasteiger partial charge in [-0.25, -0.2) is 0 Å². The molecule has 4 rings (SSSR count). The third kappa shape index (κ3) is 2.70. The van der Waals surface area contributed by atoms with Crippen LogP contribution in [0.5, 0.6) is 0 Å². The molecule has 0 atom stereocenters. The van der Waals surface area contributed by atoms with Crippen LogP contribution in [-0.2, 0) is 2.79 Å². The maximum absolute atomic E-state index is 7.98. The second kappa shape index (κ2) is 7.28. The average Bonchev–Trinajstić information content (AvgIpc) is 3.49. The summed E-state index contributed by atoms with van der Waals surface area (Å²) in [5, 5.41) is 0. The SMILES string of the molecule is CC1=[C](C)[Ge]([O][Ge]2([CH]3C=CC=C3)[C](C)=C(C)C(C)=[C]2C)([CH]2C=CC=C2)[C](C)=C1C. The summed E-state index contributed by atoms with van der Waals surface area (Å²) in [6.45, 7) is 18.8. The number of hydrogen-bond acceptors (Lipinski definition) is 1. The van der Waals surface area contributed by atoms with Gasteiger partial charge in [0, 0.05) is 0 Å². The van der Waals surface area contributed by atoms with Gasteiger partial charge in [-0.05, 0) is 0 Å². The first kappa shape index (κ1) is 21.2. The molecule has 152 valence electrons. The second-order valence-corrected chi connectivity index (χ2v) is 27.1. The molecule has 0 N–H and O–H groups in total. The molecular formula is C26H34Ge2O. The van der Waals surface area contributed by atoms with Crippen molar-refractivity contribution in [3.05, 3.63) is 88.5 Å². The van der Waals surface area contributed by atoms with Gasteiger partial charge in [0.1, 0.15) is 0 Å². The predicted molar refractivity (Wildman–Crippen MR) is 130 cm³/mol. The first-order chi connectivity index (χ1) is 13.7. The molecule has 29 heavy (non-hydrogen) atoms. The minimum absolute atomic E-state index is 0.445. The topological polar surface area (TPSA) is 9.23 Å². The van der Waals surface area contributed by atoms with Gasteiger partial charge >= 0.3 is 183 Å². The van der Waals surface area contributed by atoms with E-state index in [1.807, 2.05) is 0 Å². The normalized spacial score (nSPS) is 25.9. The van der Waals surface area contributed by atoms with Crippen molar-refractivity contribution < 1.29 is 2.79 Å². The van der Waals surface area contributed by atoms with Gasteiger partial charge in [-0.1, -0.05) is 0 Å². The molecule has 0 aromatic rings. The maximum atomic E-state index is 7.98. The van der Waals surface area contributed by atoms with E-state index in [0.717, 1.165) is 0 Å². The molecule has 4 aliphatic rings. The monoisotopic (exact) mass is 510 g/mol. The molecule has 0 spiro atoms. The summed E-state index contributed by atoms with van der Waals surface area (Å²) in [4.78, 5) is 0. The molecule has 1 nitrogen and oxygen atoms in total. The molecule has 0 saturated carbocycles. The van der Waals surface area contributed by atoms with Gasteiger partial charge in [-0.15, -0.1) is 0 Å². The molecule has 0 saturated heterocycles. The Morgan fingerprint density at radius 3 is 0.966 bits per heavy atom. The first-order valence-electron chi connectivity index (χ1n) is 10.8. The van der Waals surface area contributed by atoms with Gasteiger partial charge < -0.3 is 0 Å². The van der Waals surface area contributed by atoms with Crippen LogP contribution in [0.4, 0.5) is 0 Å². The van der Waals surface area contributed by atoms with Crippen LogP contribution < -0.4 is 0 Å². The molecule has 2 aliphatic heterocycles. The third-order valence-electron chi connectivity index (χ3n) is 8.36. The van der Waals surface area contributed by atoms with Crippen molar-refractivity contribution in [1.29, 1.82) is 0 Å². The molecule has 0 unspecified atom stereocenters. The summed E-state index contributed by atoms with van der Waals surface area (Å²) < 4.78 is 15.2. The van der Waals surface area contributed by atoms with E-state index in [-0.39, 0.29) is 0 Å². The molecular weight excluding hydrogens is 474 g/mol. The van der Waals surface area contributed by atoms with E-state index < -0.39 is 27.2 Å². The van der Waals surface area contributed by atoms with Crippen molar-refractivity contribution in [2.24, 2.45) is 0 Å². The molecule has 0 fully saturated rings. The fourth-order valence-electron chi connectivity index (χ4n) is 5.90. The van der Waals surface area contributed by atoms with E-state index in [0.29, 0.717) is 9.50 Å². The number of hydrogen-bond donors (Lipinski definition) is 0. The summed E-state index contributed by atoms with van der Waals surface area (Å²) in [5.74, 6) is 0. The summed E-state index contributed by atoms with van der Waals surface area (Å²) in [6.07, 6.45) is 18.6. The zero-order valence-corrected chi connectivity index (χ0v) is 23.4. The zero-order valence-electron chi connectivity index (χ0n) is 19.2. The molecule has 3 heteroatoms. The summed E-state index contributed by atoms with van der Waals surface area (Å²) in [5.41, 5.74) is 5.95. The zero-order chi connectivity index (χ0) is 21.1. The molecule has 2 heterocycles. The van der Waals surface area contributed by atoms with E-state index in [4.69, 9.17) is 2.79 Å². The van der Waals surface area contributed by atoms with Crippen molar-refractivity contribution >= 4 is 27.2 Å². The Labute approximate surface area is 182 Å². The number of rotatable bonds is 4. The Hall–Kier alpha value is -1.03. The van der Waals surface area contributed by atoms with Crippen LogP contribution in [0, 0.1) is 0 Å². The summed E-state index contributed by atoms with van der Waals surface area (Å²) >= 11 is -6.08. The van der Waals surface area contributed by atoms with Gasteiger partial charge in [-0.3, -0.25) is 0 Å². The third-order valence-corrected chi connectivity index (χ3v) is 34.8. The predicted octanol–water partition coefficient (Wildman–Crippen LogP) is 7.42. The van der Waals surface area contributed by atoms with Gasteiger partial charge in [0.25, 0.3) is 0 Å². The van der Waals surface area contributed by atoms with E-state index in [9.17, 15) is 0 Å². The van der Waals surface area contributed by atoms with Crippen LogP contribution in [0.1, 0.15) is 55.4 Å². The van der Waals surface area contributed by atoms with Crippen molar-refractivity contribution in [3.8, 4) is 0 Å². The Morgan fingerprint density at radius 2 is 0.724 bits per heavy atom. The molecule has 0 radical (unpaired) electrons. The first-order valence-corrected chi connectivity index (χ1v) is 19.2.